The normalized spacial score (nSPS) is 11.1. The number of hydrogen-bond donors (Lipinski definition) is 2. The van der Waals surface area contributed by atoms with Crippen LogP contribution >= 0.6 is 0 Å². The van der Waals surface area contributed by atoms with Crippen LogP contribution < -0.4 is 14.8 Å². The van der Waals surface area contributed by atoms with Crippen molar-refractivity contribution in [2.45, 2.75) is 32.1 Å². The van der Waals surface area contributed by atoms with Gasteiger partial charge in [-0.2, -0.15) is 0 Å². The molecule has 0 heterocycles. The van der Waals surface area contributed by atoms with Gasteiger partial charge in [0.15, 0.2) is 0 Å². The van der Waals surface area contributed by atoms with Crippen LogP contribution in [-0.2, 0) is 21.2 Å². The summed E-state index contributed by atoms with van der Waals surface area (Å²) in [6, 6.07) is 17.5. The first-order chi connectivity index (χ1) is 14.7. The first-order valence-corrected chi connectivity index (χ1v) is 11.3. The molecule has 3 aromatic rings. The minimum absolute atomic E-state index is 0.0855. The molecule has 0 aliphatic rings. The van der Waals surface area contributed by atoms with Gasteiger partial charge in [0, 0.05) is 5.69 Å². The number of hydrogen-bond acceptors (Lipinski definition) is 4. The van der Waals surface area contributed by atoms with Gasteiger partial charge in [0.2, 0.25) is 5.91 Å². The van der Waals surface area contributed by atoms with Crippen LogP contribution in [0.3, 0.4) is 0 Å². The lowest BCUT2D eigenvalue weighted by Gasteiger charge is -2.14. The molecule has 0 atom stereocenters. The van der Waals surface area contributed by atoms with Gasteiger partial charge in [0.1, 0.15) is 5.75 Å². The molecule has 0 aliphatic carbocycles. The summed E-state index contributed by atoms with van der Waals surface area (Å²) in [7, 11) is -2.41. The fraction of sp³-hybridized carbons (Fsp3) is 0.208. The fourth-order valence-corrected chi connectivity index (χ4v) is 4.54. The molecule has 3 aromatic carbocycles. The number of para-hydroxylation sites is 2. The van der Waals surface area contributed by atoms with Crippen molar-refractivity contribution in [2.24, 2.45) is 0 Å². The van der Waals surface area contributed by atoms with E-state index >= 15 is 0 Å². The Bertz CT molecular complexity index is 1220. The average Bonchev–Trinajstić information content (AvgIpc) is 2.72. The summed E-state index contributed by atoms with van der Waals surface area (Å²) in [5.74, 6) is 0.203. The van der Waals surface area contributed by atoms with Crippen molar-refractivity contribution in [1.82, 2.24) is 0 Å². The highest BCUT2D eigenvalue weighted by Gasteiger charge is 2.20. The molecule has 162 valence electrons. The molecule has 2 N–H and O–H groups in total. The number of benzene rings is 3. The van der Waals surface area contributed by atoms with E-state index in [1.807, 2.05) is 32.0 Å². The average molecular weight is 439 g/mol. The molecule has 0 spiro atoms. The van der Waals surface area contributed by atoms with Gasteiger partial charge in [-0.1, -0.05) is 36.4 Å². The van der Waals surface area contributed by atoms with Gasteiger partial charge in [0.05, 0.1) is 24.1 Å². The first-order valence-electron chi connectivity index (χ1n) is 9.82. The van der Waals surface area contributed by atoms with E-state index in [9.17, 15) is 13.2 Å². The van der Waals surface area contributed by atoms with E-state index in [0.717, 1.165) is 11.1 Å². The number of sulfonamides is 1. The Morgan fingerprint density at radius 3 is 2.32 bits per heavy atom. The van der Waals surface area contributed by atoms with E-state index in [2.05, 4.69) is 10.0 Å². The Kier molecular flexibility index (Phi) is 6.65. The van der Waals surface area contributed by atoms with Gasteiger partial charge >= 0.3 is 0 Å². The second-order valence-electron chi connectivity index (χ2n) is 7.43. The van der Waals surface area contributed by atoms with Gasteiger partial charge in [0.25, 0.3) is 10.0 Å². The Hall–Kier alpha value is -3.32. The molecule has 31 heavy (non-hydrogen) atoms. The molecule has 0 aromatic heterocycles. The predicted octanol–water partition coefficient (Wildman–Crippen LogP) is 4.60. The zero-order chi connectivity index (χ0) is 22.6. The molecule has 0 bridgehead atoms. The molecule has 0 unspecified atom stereocenters. The van der Waals surface area contributed by atoms with E-state index in [-0.39, 0.29) is 17.2 Å². The van der Waals surface area contributed by atoms with E-state index in [1.54, 1.807) is 43.3 Å². The van der Waals surface area contributed by atoms with Crippen molar-refractivity contribution in [1.29, 1.82) is 0 Å². The smallest absolute Gasteiger partial charge is 0.262 e. The summed E-state index contributed by atoms with van der Waals surface area (Å²) >= 11 is 0. The molecule has 1 amide bonds. The standard InChI is InChI=1S/C24H26N2O4S/c1-16-9-11-19(13-18(16)3)14-24(27)25-20-12-10-17(2)23(15-20)31(28,29)26-21-7-5-6-8-22(21)30-4/h5-13,15,26H,14H2,1-4H3,(H,25,27). The van der Waals surface area contributed by atoms with Crippen molar-refractivity contribution in [2.75, 3.05) is 17.1 Å². The SMILES string of the molecule is COc1ccccc1NS(=O)(=O)c1cc(NC(=O)Cc2ccc(C)c(C)c2)ccc1C. The Morgan fingerprint density at radius 2 is 1.61 bits per heavy atom. The summed E-state index contributed by atoms with van der Waals surface area (Å²) in [6.07, 6.45) is 0.205. The molecule has 0 radical (unpaired) electrons. The van der Waals surface area contributed by atoms with Crippen molar-refractivity contribution in [3.8, 4) is 5.75 Å². The van der Waals surface area contributed by atoms with E-state index < -0.39 is 10.0 Å². The number of methoxy groups -OCH3 is 1. The van der Waals surface area contributed by atoms with Crippen LogP contribution in [0.4, 0.5) is 11.4 Å². The number of amides is 1. The van der Waals surface area contributed by atoms with Crippen LogP contribution in [0.15, 0.2) is 65.6 Å². The largest absolute Gasteiger partial charge is 0.495 e. The van der Waals surface area contributed by atoms with Gasteiger partial charge in [-0.15, -0.1) is 0 Å². The van der Waals surface area contributed by atoms with Crippen molar-refractivity contribution in [3.05, 3.63) is 82.9 Å². The van der Waals surface area contributed by atoms with Gasteiger partial charge in [-0.25, -0.2) is 8.42 Å². The highest BCUT2D eigenvalue weighted by atomic mass is 32.2. The van der Waals surface area contributed by atoms with E-state index in [1.165, 1.54) is 18.7 Å². The van der Waals surface area contributed by atoms with Gasteiger partial charge in [-0.05, 0) is 67.3 Å². The van der Waals surface area contributed by atoms with Crippen LogP contribution in [0, 0.1) is 20.8 Å². The molecule has 0 fully saturated rings. The van der Waals surface area contributed by atoms with Crippen LogP contribution in [-0.4, -0.2) is 21.4 Å². The minimum atomic E-state index is -3.89. The molecule has 3 rings (SSSR count). The van der Waals surface area contributed by atoms with Crippen molar-refractivity contribution < 1.29 is 17.9 Å². The molecule has 0 saturated heterocycles. The zero-order valence-electron chi connectivity index (χ0n) is 18.0. The zero-order valence-corrected chi connectivity index (χ0v) is 18.8. The Balaban J connectivity index is 1.80. The van der Waals surface area contributed by atoms with Crippen LogP contribution in [0.1, 0.15) is 22.3 Å². The molecular formula is C24H26N2O4S. The summed E-state index contributed by atoms with van der Waals surface area (Å²) in [5.41, 5.74) is 4.51. The number of aryl methyl sites for hydroxylation is 3. The first kappa shape index (κ1) is 22.4. The number of anilines is 2. The molecule has 6 nitrogen and oxygen atoms in total. The summed E-state index contributed by atoms with van der Waals surface area (Å²) < 4.78 is 33.8. The van der Waals surface area contributed by atoms with E-state index in [0.29, 0.717) is 22.7 Å². The lowest BCUT2D eigenvalue weighted by atomic mass is 10.0. The van der Waals surface area contributed by atoms with E-state index in [4.69, 9.17) is 4.74 Å². The third kappa shape index (κ3) is 5.44. The molecule has 0 aliphatic heterocycles. The highest BCUT2D eigenvalue weighted by Crippen LogP contribution is 2.28. The number of ether oxygens (including phenoxy) is 1. The number of rotatable bonds is 7. The molecular weight excluding hydrogens is 412 g/mol. The molecule has 0 saturated carbocycles. The fourth-order valence-electron chi connectivity index (χ4n) is 3.20. The third-order valence-corrected chi connectivity index (χ3v) is 6.56. The maximum absolute atomic E-state index is 13.0. The summed E-state index contributed by atoms with van der Waals surface area (Å²) in [5, 5.41) is 2.79. The number of carbonyl (C=O) groups excluding carboxylic acids is 1. The summed E-state index contributed by atoms with van der Waals surface area (Å²) in [4.78, 5) is 12.6. The minimum Gasteiger partial charge on any atom is -0.495 e. The topological polar surface area (TPSA) is 84.5 Å². The predicted molar refractivity (Wildman–Crippen MR) is 123 cm³/mol. The second kappa shape index (κ2) is 9.22. The monoisotopic (exact) mass is 438 g/mol. The lowest BCUT2D eigenvalue weighted by molar-refractivity contribution is -0.115. The van der Waals surface area contributed by atoms with Crippen LogP contribution in [0.25, 0.3) is 0 Å². The number of carbonyl (C=O) groups is 1. The van der Waals surface area contributed by atoms with Crippen molar-refractivity contribution >= 4 is 27.3 Å². The quantitative estimate of drug-likeness (QED) is 0.565. The maximum atomic E-state index is 13.0. The summed E-state index contributed by atoms with van der Waals surface area (Å²) in [6.45, 7) is 5.73. The third-order valence-electron chi connectivity index (χ3n) is 5.05. The highest BCUT2D eigenvalue weighted by molar-refractivity contribution is 7.92. The number of nitrogens with one attached hydrogen (secondary N) is 2. The second-order valence-corrected chi connectivity index (χ2v) is 9.08. The molecule has 7 heteroatoms. The lowest BCUT2D eigenvalue weighted by Crippen LogP contribution is -2.17. The van der Waals surface area contributed by atoms with Gasteiger partial charge in [-0.3, -0.25) is 9.52 Å². The Labute approximate surface area is 183 Å². The van der Waals surface area contributed by atoms with Gasteiger partial charge < -0.3 is 10.1 Å². The van der Waals surface area contributed by atoms with Crippen LogP contribution in [0.5, 0.6) is 5.75 Å². The maximum Gasteiger partial charge on any atom is 0.262 e. The van der Waals surface area contributed by atoms with Crippen LogP contribution in [0.2, 0.25) is 0 Å². The van der Waals surface area contributed by atoms with Crippen molar-refractivity contribution in [3.63, 3.8) is 0 Å². The Morgan fingerprint density at radius 1 is 0.903 bits per heavy atom.